The maximum absolute atomic E-state index is 14.4. The van der Waals surface area contributed by atoms with E-state index in [9.17, 15) is 33.9 Å². The summed E-state index contributed by atoms with van der Waals surface area (Å²) in [6, 6.07) is 31.5. The molecule has 4 aromatic carbocycles. The molecule has 0 fully saturated rings. The Balaban J connectivity index is 1.34. The van der Waals surface area contributed by atoms with Crippen molar-refractivity contribution in [2.75, 3.05) is 5.32 Å². The minimum atomic E-state index is -1.35. The van der Waals surface area contributed by atoms with Gasteiger partial charge in [-0.2, -0.15) is 0 Å². The summed E-state index contributed by atoms with van der Waals surface area (Å²) in [7, 11) is 0. The fraction of sp³-hybridized carbons (Fsp3) is 0.227. The monoisotopic (exact) mass is 785 g/mol. The number of carboxylic acids is 1. The van der Waals surface area contributed by atoms with Crippen LogP contribution in [0.15, 0.2) is 127 Å². The van der Waals surface area contributed by atoms with Crippen LogP contribution in [-0.4, -0.2) is 64.8 Å². The summed E-state index contributed by atoms with van der Waals surface area (Å²) in [6.45, 7) is 0. The molecule has 5 aromatic rings. The molecule has 4 atom stereocenters. The van der Waals surface area contributed by atoms with E-state index < -0.39 is 59.7 Å². The molecule has 3 heterocycles. The van der Waals surface area contributed by atoms with E-state index in [1.54, 1.807) is 48.5 Å². The van der Waals surface area contributed by atoms with Crippen molar-refractivity contribution in [2.24, 2.45) is 0 Å². The minimum absolute atomic E-state index is 0.0275. The molecule has 0 radical (unpaired) electrons. The topological polar surface area (TPSA) is 183 Å². The number of carboxylic acid groups (broad SMARTS) is 1. The summed E-state index contributed by atoms with van der Waals surface area (Å²) in [5, 5.41) is 25.7. The Bertz CT molecular complexity index is 2160. The lowest BCUT2D eigenvalue weighted by atomic mass is 9.99. The van der Waals surface area contributed by atoms with Gasteiger partial charge in [-0.15, -0.1) is 11.3 Å². The van der Waals surface area contributed by atoms with Gasteiger partial charge in [0, 0.05) is 49.1 Å². The highest BCUT2D eigenvalue weighted by atomic mass is 32.1. The normalized spacial score (nSPS) is 19.9. The number of anilines is 1. The van der Waals surface area contributed by atoms with Crippen molar-refractivity contribution in [1.82, 2.24) is 21.3 Å². The number of fused-ring (bicyclic) bond motifs is 18. The standard InChI is InChI=1S/C44H43N5O7S/c50-39-21-22-40(51)46-37(27-34-12-7-23-57-34)43(54)48-36(25-29-13-17-32(18-14-29)31-10-5-2-6-11-31)41(52)47-35(24-28-8-3-1-4-9-28)42(53)49-38(44(55)56)26-30-15-19-33(45-39)20-16-30/h1-20,23,35-38H,21-22,24-27H2,(H,45,50)(H,46,51)(H,47,52)(H,48,54)(H,49,53)(H,55,56)/t35-,36+,37+,38-/m1/s1. The number of amides is 5. The van der Waals surface area contributed by atoms with Gasteiger partial charge >= 0.3 is 5.97 Å². The molecule has 6 N–H and O–H groups in total. The molecular formula is C44H43N5O7S. The number of aliphatic carboxylic acids is 1. The lowest BCUT2D eigenvalue weighted by molar-refractivity contribution is -0.142. The Labute approximate surface area is 334 Å². The van der Waals surface area contributed by atoms with E-state index in [1.807, 2.05) is 78.2 Å². The molecule has 0 aliphatic carbocycles. The zero-order chi connectivity index (χ0) is 40.1. The second-order valence-electron chi connectivity index (χ2n) is 13.8. The predicted molar refractivity (Wildman–Crippen MR) is 217 cm³/mol. The first-order valence-corrected chi connectivity index (χ1v) is 19.5. The van der Waals surface area contributed by atoms with Gasteiger partial charge in [-0.05, 0) is 51.4 Å². The van der Waals surface area contributed by atoms with Gasteiger partial charge in [0.25, 0.3) is 0 Å². The van der Waals surface area contributed by atoms with Crippen molar-refractivity contribution in [3.05, 3.63) is 148 Å². The van der Waals surface area contributed by atoms with E-state index in [-0.39, 0.29) is 38.5 Å². The molecule has 0 saturated heterocycles. The van der Waals surface area contributed by atoms with Crippen LogP contribution in [0.1, 0.15) is 34.4 Å². The third-order valence-electron chi connectivity index (χ3n) is 9.56. The molecule has 1 aromatic heterocycles. The molecular weight excluding hydrogens is 743 g/mol. The number of benzene rings is 4. The molecule has 0 spiro atoms. The third-order valence-corrected chi connectivity index (χ3v) is 10.5. The SMILES string of the molecule is O=C1CCC(=O)N[C@@H](Cc2cccs2)C(=O)N[C@@H](Cc2ccc(-c3ccccc3)cc2)C(=O)N[C@H](Cc2ccccc2)C(=O)N[C@@H](C(=O)O)Cc2ccc(cc2)N1. The van der Waals surface area contributed by atoms with E-state index in [1.165, 1.54) is 11.3 Å². The van der Waals surface area contributed by atoms with Crippen molar-refractivity contribution < 1.29 is 33.9 Å². The number of hydrogen-bond acceptors (Lipinski definition) is 7. The molecule has 0 saturated carbocycles. The Morgan fingerprint density at radius 3 is 1.70 bits per heavy atom. The van der Waals surface area contributed by atoms with Crippen LogP contribution in [0.4, 0.5) is 5.69 Å². The molecule has 2 bridgehead atoms. The third kappa shape index (κ3) is 11.7. The molecule has 12 nitrogen and oxygen atoms in total. The van der Waals surface area contributed by atoms with Gasteiger partial charge in [0.1, 0.15) is 24.2 Å². The van der Waals surface area contributed by atoms with Crippen molar-refractivity contribution in [1.29, 1.82) is 0 Å². The lowest BCUT2D eigenvalue weighted by Gasteiger charge is -2.26. The smallest absolute Gasteiger partial charge is 0.326 e. The van der Waals surface area contributed by atoms with Crippen LogP contribution < -0.4 is 26.6 Å². The summed E-state index contributed by atoms with van der Waals surface area (Å²) in [6.07, 6.45) is -0.261. The quantitative estimate of drug-likeness (QED) is 0.126. The molecule has 2 aliphatic heterocycles. The Hall–Kier alpha value is -6.60. The van der Waals surface area contributed by atoms with Crippen molar-refractivity contribution in [2.45, 2.75) is 62.7 Å². The van der Waals surface area contributed by atoms with Crippen molar-refractivity contribution >= 4 is 52.5 Å². The van der Waals surface area contributed by atoms with Crippen LogP contribution in [0.3, 0.4) is 0 Å². The average molecular weight is 786 g/mol. The highest BCUT2D eigenvalue weighted by Crippen LogP contribution is 2.21. The number of carbonyl (C=O) groups is 6. The van der Waals surface area contributed by atoms with E-state index in [0.29, 0.717) is 22.4 Å². The van der Waals surface area contributed by atoms with Crippen LogP contribution in [0, 0.1) is 0 Å². The summed E-state index contributed by atoms with van der Waals surface area (Å²) in [5.74, 6) is -4.28. The van der Waals surface area contributed by atoms with E-state index in [2.05, 4.69) is 26.6 Å². The maximum Gasteiger partial charge on any atom is 0.326 e. The summed E-state index contributed by atoms with van der Waals surface area (Å²) >= 11 is 1.41. The van der Waals surface area contributed by atoms with Crippen LogP contribution >= 0.6 is 11.3 Å². The number of carbonyl (C=O) groups excluding carboxylic acids is 5. The molecule has 57 heavy (non-hydrogen) atoms. The van der Waals surface area contributed by atoms with Crippen LogP contribution in [0.25, 0.3) is 11.1 Å². The summed E-state index contributed by atoms with van der Waals surface area (Å²) in [5.41, 5.74) is 4.40. The number of thiophene rings is 1. The van der Waals surface area contributed by atoms with Crippen LogP contribution in [0.5, 0.6) is 0 Å². The Morgan fingerprint density at radius 1 is 0.561 bits per heavy atom. The van der Waals surface area contributed by atoms with Gasteiger partial charge in [-0.25, -0.2) is 4.79 Å². The Morgan fingerprint density at radius 2 is 1.11 bits per heavy atom. The largest absolute Gasteiger partial charge is 0.480 e. The minimum Gasteiger partial charge on any atom is -0.480 e. The predicted octanol–water partition coefficient (Wildman–Crippen LogP) is 4.44. The summed E-state index contributed by atoms with van der Waals surface area (Å²) < 4.78 is 0. The van der Waals surface area contributed by atoms with Gasteiger partial charge in [-0.3, -0.25) is 24.0 Å². The van der Waals surface area contributed by atoms with E-state index in [4.69, 9.17) is 0 Å². The highest BCUT2D eigenvalue weighted by molar-refractivity contribution is 7.09. The molecule has 5 amide bonds. The molecule has 0 unspecified atom stereocenters. The first kappa shape index (κ1) is 40.1. The number of rotatable bonds is 8. The van der Waals surface area contributed by atoms with Crippen molar-refractivity contribution in [3.8, 4) is 11.1 Å². The first-order valence-electron chi connectivity index (χ1n) is 18.6. The van der Waals surface area contributed by atoms with Gasteiger partial charge in [-0.1, -0.05) is 103 Å². The fourth-order valence-electron chi connectivity index (χ4n) is 6.50. The number of nitrogens with one attached hydrogen (secondary N) is 5. The second kappa shape index (κ2) is 19.3. The molecule has 7 rings (SSSR count). The maximum atomic E-state index is 14.4. The first-order chi connectivity index (χ1) is 27.6. The molecule has 2 aliphatic rings. The summed E-state index contributed by atoms with van der Waals surface area (Å²) in [4.78, 5) is 81.8. The van der Waals surface area contributed by atoms with Gasteiger partial charge in [0.05, 0.1) is 0 Å². The molecule has 13 heteroatoms. The van der Waals surface area contributed by atoms with Gasteiger partial charge < -0.3 is 31.7 Å². The lowest BCUT2D eigenvalue weighted by Crippen LogP contribution is -2.59. The zero-order valence-corrected chi connectivity index (χ0v) is 31.8. The van der Waals surface area contributed by atoms with Crippen LogP contribution in [-0.2, 0) is 54.5 Å². The molecule has 292 valence electrons. The zero-order valence-electron chi connectivity index (χ0n) is 31.0. The van der Waals surface area contributed by atoms with Crippen LogP contribution in [0.2, 0.25) is 0 Å². The van der Waals surface area contributed by atoms with Crippen molar-refractivity contribution in [3.63, 3.8) is 0 Å². The van der Waals surface area contributed by atoms with Gasteiger partial charge in [0.2, 0.25) is 29.5 Å². The number of hydrogen-bond donors (Lipinski definition) is 6. The van der Waals surface area contributed by atoms with E-state index >= 15 is 0 Å². The fourth-order valence-corrected chi connectivity index (χ4v) is 7.25. The highest BCUT2D eigenvalue weighted by Gasteiger charge is 2.32. The second-order valence-corrected chi connectivity index (χ2v) is 14.9. The van der Waals surface area contributed by atoms with E-state index in [0.717, 1.165) is 16.0 Å². The Kier molecular flexibility index (Phi) is 13.6. The average Bonchev–Trinajstić information content (AvgIpc) is 3.73. The van der Waals surface area contributed by atoms with Gasteiger partial charge in [0.15, 0.2) is 0 Å².